The molecule has 0 saturated heterocycles. The van der Waals surface area contributed by atoms with E-state index >= 15 is 0 Å². The number of furan rings is 1. The Kier molecular flexibility index (Phi) is 3.61. The van der Waals surface area contributed by atoms with Gasteiger partial charge < -0.3 is 9.73 Å². The quantitative estimate of drug-likeness (QED) is 0.668. The summed E-state index contributed by atoms with van der Waals surface area (Å²) in [4.78, 5) is 11.6. The van der Waals surface area contributed by atoms with Gasteiger partial charge in [-0.1, -0.05) is 0 Å². The van der Waals surface area contributed by atoms with Gasteiger partial charge >= 0.3 is 0 Å². The van der Waals surface area contributed by atoms with Crippen LogP contribution in [-0.2, 0) is 0 Å². The molecule has 1 N–H and O–H groups in total. The van der Waals surface area contributed by atoms with E-state index in [-0.39, 0.29) is 16.3 Å². The maximum Gasteiger partial charge on any atom is 0.260 e. The van der Waals surface area contributed by atoms with Gasteiger partial charge in [0.25, 0.3) is 5.91 Å². The Labute approximate surface area is 112 Å². The minimum Gasteiger partial charge on any atom is -0.457 e. The summed E-state index contributed by atoms with van der Waals surface area (Å²) in [6.07, 6.45) is 1.15. The van der Waals surface area contributed by atoms with Crippen LogP contribution in [0.2, 0.25) is 0 Å². The van der Waals surface area contributed by atoms with Crippen molar-refractivity contribution in [3.05, 3.63) is 51.9 Å². The minimum absolute atomic E-state index is 0.0164. The molecule has 0 spiro atoms. The van der Waals surface area contributed by atoms with E-state index in [2.05, 4.69) is 15.9 Å². The molecular formula is C11H4BrF4NO2. The van der Waals surface area contributed by atoms with Crippen LogP contribution in [0.25, 0.3) is 0 Å². The zero-order valence-electron chi connectivity index (χ0n) is 8.94. The molecule has 1 amide bonds. The smallest absolute Gasteiger partial charge is 0.260 e. The van der Waals surface area contributed by atoms with E-state index in [9.17, 15) is 22.4 Å². The number of anilines is 1. The highest BCUT2D eigenvalue weighted by Crippen LogP contribution is 2.26. The standard InChI is InChI=1S/C11H4BrF4NO2/c12-10-4(1-2-19-10)11(18)17-9-7(15)5(13)3-6(14)8(9)16/h1-3H,(H,17,18). The molecule has 0 bridgehead atoms. The lowest BCUT2D eigenvalue weighted by molar-refractivity contribution is 0.102. The van der Waals surface area contributed by atoms with E-state index in [1.165, 1.54) is 6.07 Å². The normalized spacial score (nSPS) is 10.6. The van der Waals surface area contributed by atoms with Crippen LogP contribution in [0.4, 0.5) is 23.2 Å². The van der Waals surface area contributed by atoms with E-state index in [4.69, 9.17) is 4.42 Å². The molecule has 2 aromatic rings. The van der Waals surface area contributed by atoms with Crippen molar-refractivity contribution in [3.8, 4) is 0 Å². The van der Waals surface area contributed by atoms with Crippen LogP contribution in [-0.4, -0.2) is 5.91 Å². The fourth-order valence-electron chi connectivity index (χ4n) is 1.32. The van der Waals surface area contributed by atoms with E-state index in [0.29, 0.717) is 0 Å². The molecule has 8 heteroatoms. The van der Waals surface area contributed by atoms with Crippen molar-refractivity contribution in [1.29, 1.82) is 0 Å². The maximum atomic E-state index is 13.3. The van der Waals surface area contributed by atoms with Crippen molar-refractivity contribution >= 4 is 27.5 Å². The second-order valence-corrected chi connectivity index (χ2v) is 4.13. The van der Waals surface area contributed by atoms with E-state index in [0.717, 1.165) is 6.26 Å². The molecule has 0 aliphatic carbocycles. The first-order valence-electron chi connectivity index (χ1n) is 4.79. The lowest BCUT2D eigenvalue weighted by atomic mass is 10.2. The molecule has 3 nitrogen and oxygen atoms in total. The highest BCUT2D eigenvalue weighted by atomic mass is 79.9. The number of carbonyl (C=O) groups excluding carboxylic acids is 1. The second-order valence-electron chi connectivity index (χ2n) is 3.41. The summed E-state index contributed by atoms with van der Waals surface area (Å²) >= 11 is 2.88. The van der Waals surface area contributed by atoms with Crippen LogP contribution in [0, 0.1) is 23.3 Å². The molecule has 0 saturated carbocycles. The van der Waals surface area contributed by atoms with Gasteiger partial charge in [-0.2, -0.15) is 0 Å². The molecule has 1 heterocycles. The number of carbonyl (C=O) groups is 1. The van der Waals surface area contributed by atoms with Gasteiger partial charge in [-0.3, -0.25) is 4.79 Å². The number of rotatable bonds is 2. The first-order chi connectivity index (χ1) is 8.91. The zero-order chi connectivity index (χ0) is 14.2. The molecule has 0 aliphatic heterocycles. The molecule has 0 aliphatic rings. The highest BCUT2D eigenvalue weighted by Gasteiger charge is 2.22. The number of halogens is 5. The molecule has 0 fully saturated rings. The summed E-state index contributed by atoms with van der Waals surface area (Å²) < 4.78 is 57.3. The van der Waals surface area contributed by atoms with Crippen LogP contribution in [0.5, 0.6) is 0 Å². The Morgan fingerprint density at radius 3 is 2.21 bits per heavy atom. The van der Waals surface area contributed by atoms with Crippen LogP contribution in [0.3, 0.4) is 0 Å². The third-order valence-corrected chi connectivity index (χ3v) is 2.83. The Balaban J connectivity index is 2.40. The molecular weight excluding hydrogens is 334 g/mol. The molecule has 0 radical (unpaired) electrons. The van der Waals surface area contributed by atoms with E-state index in [1.54, 1.807) is 5.32 Å². The second kappa shape index (κ2) is 5.04. The van der Waals surface area contributed by atoms with Gasteiger partial charge in [-0.05, 0) is 22.0 Å². The summed E-state index contributed by atoms with van der Waals surface area (Å²) in [6.45, 7) is 0. The van der Waals surface area contributed by atoms with Crippen LogP contribution >= 0.6 is 15.9 Å². The van der Waals surface area contributed by atoms with Crippen LogP contribution < -0.4 is 5.32 Å². The first kappa shape index (κ1) is 13.6. The lowest BCUT2D eigenvalue weighted by Crippen LogP contribution is -2.15. The fraction of sp³-hybridized carbons (Fsp3) is 0. The summed E-state index contributed by atoms with van der Waals surface area (Å²) in [6, 6.07) is 1.26. The summed E-state index contributed by atoms with van der Waals surface area (Å²) in [5, 5.41) is 1.74. The monoisotopic (exact) mass is 337 g/mol. The van der Waals surface area contributed by atoms with Crippen molar-refractivity contribution < 1.29 is 26.8 Å². The van der Waals surface area contributed by atoms with Gasteiger partial charge in [0.1, 0.15) is 5.69 Å². The third kappa shape index (κ3) is 2.48. The van der Waals surface area contributed by atoms with Crippen molar-refractivity contribution in [1.82, 2.24) is 0 Å². The SMILES string of the molecule is O=C(Nc1c(F)c(F)cc(F)c1F)c1ccoc1Br. The lowest BCUT2D eigenvalue weighted by Gasteiger charge is -2.08. The van der Waals surface area contributed by atoms with E-state index in [1.807, 2.05) is 0 Å². The molecule has 19 heavy (non-hydrogen) atoms. The summed E-state index contributed by atoms with van der Waals surface area (Å²) in [5.41, 5.74) is -1.28. The van der Waals surface area contributed by atoms with Gasteiger partial charge in [-0.15, -0.1) is 0 Å². The highest BCUT2D eigenvalue weighted by molar-refractivity contribution is 9.10. The Hall–Kier alpha value is -1.83. The molecule has 100 valence electrons. The average molecular weight is 338 g/mol. The summed E-state index contributed by atoms with van der Waals surface area (Å²) in [5.74, 6) is -7.58. The van der Waals surface area contributed by atoms with Gasteiger partial charge in [-0.25, -0.2) is 17.6 Å². The van der Waals surface area contributed by atoms with Crippen molar-refractivity contribution in [2.45, 2.75) is 0 Å². The third-order valence-electron chi connectivity index (χ3n) is 2.21. The predicted molar refractivity (Wildman–Crippen MR) is 60.6 cm³/mol. The Morgan fingerprint density at radius 1 is 1.16 bits per heavy atom. The Bertz CT molecular complexity index is 630. The van der Waals surface area contributed by atoms with Gasteiger partial charge in [0.05, 0.1) is 11.8 Å². The largest absolute Gasteiger partial charge is 0.457 e. The average Bonchev–Trinajstić information content (AvgIpc) is 2.78. The molecule has 0 atom stereocenters. The molecule has 1 aromatic heterocycles. The minimum atomic E-state index is -1.69. The summed E-state index contributed by atoms with van der Waals surface area (Å²) in [7, 11) is 0. The van der Waals surface area contributed by atoms with Crippen molar-refractivity contribution in [2.24, 2.45) is 0 Å². The van der Waals surface area contributed by atoms with Crippen LogP contribution in [0.15, 0.2) is 27.5 Å². The van der Waals surface area contributed by atoms with Gasteiger partial charge in [0.2, 0.25) is 0 Å². The Morgan fingerprint density at radius 2 is 1.74 bits per heavy atom. The number of hydrogen-bond acceptors (Lipinski definition) is 2. The zero-order valence-corrected chi connectivity index (χ0v) is 10.5. The predicted octanol–water partition coefficient (Wildman–Crippen LogP) is 3.85. The topological polar surface area (TPSA) is 42.2 Å². The van der Waals surface area contributed by atoms with Gasteiger partial charge in [0, 0.05) is 6.07 Å². The number of nitrogens with one attached hydrogen (secondary N) is 1. The molecule has 1 aromatic carbocycles. The first-order valence-corrected chi connectivity index (χ1v) is 5.58. The number of hydrogen-bond donors (Lipinski definition) is 1. The molecule has 0 unspecified atom stereocenters. The van der Waals surface area contributed by atoms with Crippen LogP contribution in [0.1, 0.15) is 10.4 Å². The number of benzene rings is 1. The van der Waals surface area contributed by atoms with Crippen molar-refractivity contribution in [2.75, 3.05) is 5.32 Å². The fourth-order valence-corrected chi connectivity index (χ4v) is 1.74. The maximum absolute atomic E-state index is 13.3. The van der Waals surface area contributed by atoms with E-state index < -0.39 is 34.9 Å². The van der Waals surface area contributed by atoms with Crippen molar-refractivity contribution in [3.63, 3.8) is 0 Å². The van der Waals surface area contributed by atoms with Gasteiger partial charge in [0.15, 0.2) is 27.9 Å². The number of amides is 1. The molecule has 2 rings (SSSR count).